The number of nitrogens with two attached hydrogens (primary N) is 1. The molecule has 0 spiro atoms. The molecule has 1 unspecified atom stereocenters. The van der Waals surface area contributed by atoms with Crippen LogP contribution < -0.4 is 11.1 Å². The highest BCUT2D eigenvalue weighted by molar-refractivity contribution is 7.84. The molecule has 5 heteroatoms. The first kappa shape index (κ1) is 12.5. The van der Waals surface area contributed by atoms with Crippen molar-refractivity contribution >= 4 is 22.2 Å². The number of benzene rings is 1. The summed E-state index contributed by atoms with van der Waals surface area (Å²) in [6.45, 7) is 2.49. The fourth-order valence-electron chi connectivity index (χ4n) is 1.25. The lowest BCUT2D eigenvalue weighted by Crippen LogP contribution is -2.12. The maximum Gasteiger partial charge on any atom is 0.101 e. The van der Waals surface area contributed by atoms with Gasteiger partial charge in [-0.25, -0.2) is 0 Å². The lowest BCUT2D eigenvalue weighted by atomic mass is 10.2. The van der Waals surface area contributed by atoms with Crippen LogP contribution in [0.3, 0.4) is 0 Å². The van der Waals surface area contributed by atoms with Crippen LogP contribution in [0, 0.1) is 11.3 Å². The molecule has 0 amide bonds. The average molecular weight is 237 g/mol. The zero-order chi connectivity index (χ0) is 12.0. The molecule has 4 nitrogen and oxygen atoms in total. The van der Waals surface area contributed by atoms with Crippen LogP contribution in [-0.4, -0.2) is 22.3 Å². The van der Waals surface area contributed by atoms with Crippen molar-refractivity contribution < 1.29 is 4.21 Å². The smallest absolute Gasteiger partial charge is 0.101 e. The van der Waals surface area contributed by atoms with Crippen LogP contribution in [0.4, 0.5) is 11.4 Å². The van der Waals surface area contributed by atoms with Gasteiger partial charge in [-0.1, -0.05) is 6.92 Å². The minimum Gasteiger partial charge on any atom is -0.399 e. The van der Waals surface area contributed by atoms with Gasteiger partial charge >= 0.3 is 0 Å². The van der Waals surface area contributed by atoms with Gasteiger partial charge in [-0.3, -0.25) is 4.21 Å². The summed E-state index contributed by atoms with van der Waals surface area (Å²) in [6, 6.07) is 7.20. The van der Waals surface area contributed by atoms with Crippen LogP contribution >= 0.6 is 0 Å². The lowest BCUT2D eigenvalue weighted by molar-refractivity contribution is 0.684. The minimum absolute atomic E-state index is 0.516. The summed E-state index contributed by atoms with van der Waals surface area (Å²) in [5.41, 5.74) is 7.40. The fourth-order valence-corrected chi connectivity index (χ4v) is 1.87. The first-order chi connectivity index (χ1) is 7.67. The van der Waals surface area contributed by atoms with Gasteiger partial charge in [0.15, 0.2) is 0 Å². The molecular weight excluding hydrogens is 222 g/mol. The second-order valence-electron chi connectivity index (χ2n) is 3.28. The molecule has 0 aromatic heterocycles. The van der Waals surface area contributed by atoms with Crippen molar-refractivity contribution in [2.24, 2.45) is 0 Å². The summed E-state index contributed by atoms with van der Waals surface area (Å²) < 4.78 is 11.2. The van der Waals surface area contributed by atoms with Gasteiger partial charge in [0, 0.05) is 34.5 Å². The molecule has 16 heavy (non-hydrogen) atoms. The topological polar surface area (TPSA) is 78.9 Å². The quantitative estimate of drug-likeness (QED) is 0.757. The van der Waals surface area contributed by atoms with Crippen molar-refractivity contribution in [1.82, 2.24) is 0 Å². The largest absolute Gasteiger partial charge is 0.399 e. The standard InChI is InChI=1S/C11H15N3OS/c1-2-16(15)6-5-14-11-4-3-10(13)7-9(11)8-12/h3-4,7,14H,2,5-6,13H2,1H3. The molecule has 0 aliphatic carbocycles. The number of hydrogen-bond donors (Lipinski definition) is 2. The third kappa shape index (κ3) is 3.55. The number of hydrogen-bond acceptors (Lipinski definition) is 4. The fraction of sp³-hybridized carbons (Fsp3) is 0.364. The molecule has 0 aliphatic rings. The Morgan fingerprint density at radius 3 is 2.94 bits per heavy atom. The van der Waals surface area contributed by atoms with Crippen LogP contribution in [-0.2, 0) is 10.8 Å². The molecule has 0 saturated carbocycles. The lowest BCUT2D eigenvalue weighted by Gasteiger charge is -2.08. The second-order valence-corrected chi connectivity index (χ2v) is 5.14. The predicted molar refractivity (Wildman–Crippen MR) is 67.6 cm³/mol. The Morgan fingerprint density at radius 2 is 2.31 bits per heavy atom. The number of nitrogen functional groups attached to an aromatic ring is 1. The van der Waals surface area contributed by atoms with E-state index < -0.39 is 10.8 Å². The molecule has 0 saturated heterocycles. The van der Waals surface area contributed by atoms with E-state index in [1.807, 2.05) is 6.92 Å². The Bertz CT molecular complexity index is 426. The van der Waals surface area contributed by atoms with E-state index in [0.717, 1.165) is 5.69 Å². The molecule has 1 rings (SSSR count). The van der Waals surface area contributed by atoms with Crippen LogP contribution in [0.2, 0.25) is 0 Å². The first-order valence-electron chi connectivity index (χ1n) is 5.05. The van der Waals surface area contributed by atoms with Gasteiger partial charge in [0.25, 0.3) is 0 Å². The third-order valence-electron chi connectivity index (χ3n) is 2.13. The number of nitrogens with one attached hydrogen (secondary N) is 1. The number of anilines is 2. The van der Waals surface area contributed by atoms with Crippen molar-refractivity contribution in [3.05, 3.63) is 23.8 Å². The average Bonchev–Trinajstić information content (AvgIpc) is 2.30. The maximum absolute atomic E-state index is 11.2. The molecule has 0 fully saturated rings. The zero-order valence-corrected chi connectivity index (χ0v) is 10.0. The van der Waals surface area contributed by atoms with Gasteiger partial charge in [-0.05, 0) is 18.2 Å². The summed E-state index contributed by atoms with van der Waals surface area (Å²) >= 11 is 0. The van der Waals surface area contributed by atoms with Gasteiger partial charge in [-0.2, -0.15) is 5.26 Å². The van der Waals surface area contributed by atoms with Crippen LogP contribution in [0.25, 0.3) is 0 Å². The predicted octanol–water partition coefficient (Wildman–Crippen LogP) is 1.32. The Kier molecular flexibility index (Phi) is 4.80. The summed E-state index contributed by atoms with van der Waals surface area (Å²) in [7, 11) is -0.784. The van der Waals surface area contributed by atoms with E-state index in [1.165, 1.54) is 0 Å². The minimum atomic E-state index is -0.784. The van der Waals surface area contributed by atoms with Gasteiger partial charge in [0.05, 0.1) is 11.3 Å². The summed E-state index contributed by atoms with van der Waals surface area (Å²) in [4.78, 5) is 0. The molecule has 1 aromatic rings. The van der Waals surface area contributed by atoms with Crippen molar-refractivity contribution in [2.45, 2.75) is 6.92 Å². The molecule has 0 heterocycles. The molecule has 0 bridgehead atoms. The van der Waals surface area contributed by atoms with E-state index in [2.05, 4.69) is 11.4 Å². The van der Waals surface area contributed by atoms with Gasteiger partial charge in [0.1, 0.15) is 6.07 Å². The van der Waals surface area contributed by atoms with E-state index in [-0.39, 0.29) is 0 Å². The van der Waals surface area contributed by atoms with Crippen molar-refractivity contribution in [3.63, 3.8) is 0 Å². The molecule has 1 aromatic carbocycles. The van der Waals surface area contributed by atoms with Crippen LogP contribution in [0.15, 0.2) is 18.2 Å². The molecule has 3 N–H and O–H groups in total. The van der Waals surface area contributed by atoms with E-state index in [4.69, 9.17) is 11.0 Å². The summed E-state index contributed by atoms with van der Waals surface area (Å²) in [5, 5.41) is 12.0. The zero-order valence-electron chi connectivity index (χ0n) is 9.19. The van der Waals surface area contributed by atoms with Crippen molar-refractivity contribution in [3.8, 4) is 6.07 Å². The van der Waals surface area contributed by atoms with Crippen LogP contribution in [0.1, 0.15) is 12.5 Å². The van der Waals surface area contributed by atoms with E-state index in [1.54, 1.807) is 18.2 Å². The number of nitrogens with zero attached hydrogens (tertiary/aromatic N) is 1. The normalized spacial score (nSPS) is 11.8. The third-order valence-corrected chi connectivity index (χ3v) is 3.43. The van der Waals surface area contributed by atoms with Gasteiger partial charge in [0.2, 0.25) is 0 Å². The van der Waals surface area contributed by atoms with E-state index in [0.29, 0.717) is 29.3 Å². The Hall–Kier alpha value is -1.54. The Labute approximate surface area is 97.9 Å². The van der Waals surface area contributed by atoms with E-state index >= 15 is 0 Å². The monoisotopic (exact) mass is 237 g/mol. The number of nitriles is 1. The van der Waals surface area contributed by atoms with Crippen molar-refractivity contribution in [2.75, 3.05) is 29.1 Å². The van der Waals surface area contributed by atoms with Crippen LogP contribution in [0.5, 0.6) is 0 Å². The highest BCUT2D eigenvalue weighted by Gasteiger charge is 2.02. The summed E-state index contributed by atoms with van der Waals surface area (Å²) in [6.07, 6.45) is 0. The molecule has 0 aliphatic heterocycles. The second kappa shape index (κ2) is 6.13. The molecular formula is C11H15N3OS. The first-order valence-corrected chi connectivity index (χ1v) is 6.54. The Morgan fingerprint density at radius 1 is 1.56 bits per heavy atom. The van der Waals surface area contributed by atoms with E-state index in [9.17, 15) is 4.21 Å². The Balaban J connectivity index is 2.61. The highest BCUT2D eigenvalue weighted by atomic mass is 32.2. The molecule has 1 atom stereocenters. The molecule has 0 radical (unpaired) electrons. The van der Waals surface area contributed by atoms with Crippen molar-refractivity contribution in [1.29, 1.82) is 5.26 Å². The summed E-state index contributed by atoms with van der Waals surface area (Å²) in [5.74, 6) is 1.25. The molecule has 86 valence electrons. The van der Waals surface area contributed by atoms with Gasteiger partial charge in [-0.15, -0.1) is 0 Å². The number of rotatable bonds is 5. The van der Waals surface area contributed by atoms with Gasteiger partial charge < -0.3 is 11.1 Å². The maximum atomic E-state index is 11.2. The SMILES string of the molecule is CCS(=O)CCNc1ccc(N)cc1C#N. The highest BCUT2D eigenvalue weighted by Crippen LogP contribution is 2.17.